The Morgan fingerprint density at radius 3 is 1.06 bits per heavy atom. The molecule has 34 heavy (non-hydrogen) atoms. The summed E-state index contributed by atoms with van der Waals surface area (Å²) in [6, 6.07) is 13.2. The van der Waals surface area contributed by atoms with Gasteiger partial charge in [-0.1, -0.05) is 12.1 Å². The van der Waals surface area contributed by atoms with Crippen molar-refractivity contribution in [2.45, 2.75) is 61.2 Å². The Morgan fingerprint density at radius 1 is 0.559 bits per heavy atom. The lowest BCUT2D eigenvalue weighted by atomic mass is 10.3. The fourth-order valence-corrected chi connectivity index (χ4v) is 7.01. The lowest BCUT2D eigenvalue weighted by Crippen LogP contribution is -2.37. The highest BCUT2D eigenvalue weighted by atomic mass is 32.2. The molecule has 0 spiro atoms. The van der Waals surface area contributed by atoms with Crippen molar-refractivity contribution in [3.63, 3.8) is 0 Å². The number of unbranched alkanes of at least 4 members (excludes halogenated alkanes) is 4. The Balaban J connectivity index is 3.43. The van der Waals surface area contributed by atoms with Crippen LogP contribution in [0.25, 0.3) is 0 Å². The Labute approximate surface area is 202 Å². The molecule has 0 unspecified atom stereocenters. The van der Waals surface area contributed by atoms with Crippen LogP contribution in [-0.2, 0) is 20.0 Å². The van der Waals surface area contributed by atoms with Crippen molar-refractivity contribution >= 4 is 20.0 Å². The molecule has 0 radical (unpaired) electrons. The summed E-state index contributed by atoms with van der Waals surface area (Å²) < 4.78 is 56.3. The van der Waals surface area contributed by atoms with Crippen LogP contribution in [0.4, 0.5) is 0 Å². The minimum atomic E-state index is -4.26. The number of benzene rings is 1. The third-order valence-corrected chi connectivity index (χ3v) is 8.91. The van der Waals surface area contributed by atoms with Gasteiger partial charge in [-0.05, 0) is 37.8 Å². The molecule has 0 aliphatic heterocycles. The summed E-state index contributed by atoms with van der Waals surface area (Å²) in [5, 5.41) is 35.3. The number of hydrogen-bond acceptors (Lipinski definition) is 8. The van der Waals surface area contributed by atoms with E-state index in [1.807, 2.05) is 24.3 Å². The average molecular weight is 505 g/mol. The predicted molar refractivity (Wildman–Crippen MR) is 123 cm³/mol. The first-order chi connectivity index (χ1) is 16.3. The van der Waals surface area contributed by atoms with Crippen LogP contribution in [0.15, 0.2) is 34.1 Å². The zero-order chi connectivity index (χ0) is 25.5. The van der Waals surface area contributed by atoms with E-state index in [2.05, 4.69) is 0 Å². The van der Waals surface area contributed by atoms with Gasteiger partial charge in [0.2, 0.25) is 20.0 Å². The second-order valence-electron chi connectivity index (χ2n) is 7.30. The van der Waals surface area contributed by atoms with Gasteiger partial charge in [0.25, 0.3) is 0 Å². The van der Waals surface area contributed by atoms with Crippen LogP contribution in [0, 0.1) is 45.3 Å². The fourth-order valence-electron chi connectivity index (χ4n) is 3.20. The number of nitrogens with zero attached hydrogens (tertiary/aromatic N) is 6. The molecule has 0 aromatic heterocycles. The number of sulfonamides is 2. The lowest BCUT2D eigenvalue weighted by molar-refractivity contribution is 0.393. The molecule has 0 amide bonds. The monoisotopic (exact) mass is 504 g/mol. The van der Waals surface area contributed by atoms with Crippen molar-refractivity contribution in [3.8, 4) is 24.3 Å². The fraction of sp³-hybridized carbons (Fsp3) is 0.545. The van der Waals surface area contributed by atoms with E-state index in [4.69, 9.17) is 21.0 Å². The third kappa shape index (κ3) is 8.41. The maximum absolute atomic E-state index is 13.5. The zero-order valence-corrected chi connectivity index (χ0v) is 20.6. The van der Waals surface area contributed by atoms with Gasteiger partial charge in [-0.15, -0.1) is 0 Å². The normalized spacial score (nSPS) is 11.5. The molecule has 0 saturated heterocycles. The van der Waals surface area contributed by atoms with Gasteiger partial charge in [-0.3, -0.25) is 0 Å². The van der Waals surface area contributed by atoms with Gasteiger partial charge in [0.1, 0.15) is 9.79 Å². The maximum Gasteiger partial charge on any atom is 0.244 e. The van der Waals surface area contributed by atoms with Crippen LogP contribution in [0.2, 0.25) is 0 Å². The molecule has 0 heterocycles. The number of rotatable bonds is 16. The molecule has 0 bridgehead atoms. The van der Waals surface area contributed by atoms with Crippen molar-refractivity contribution in [3.05, 3.63) is 24.3 Å². The highest BCUT2D eigenvalue weighted by molar-refractivity contribution is 7.92. The second-order valence-corrected chi connectivity index (χ2v) is 11.1. The van der Waals surface area contributed by atoms with Gasteiger partial charge in [0.15, 0.2) is 0 Å². The second kappa shape index (κ2) is 15.0. The van der Waals surface area contributed by atoms with Crippen LogP contribution in [0.1, 0.15) is 51.4 Å². The lowest BCUT2D eigenvalue weighted by Gasteiger charge is -2.26. The van der Waals surface area contributed by atoms with E-state index in [0.717, 1.165) is 8.61 Å². The van der Waals surface area contributed by atoms with Gasteiger partial charge < -0.3 is 0 Å². The molecule has 182 valence electrons. The van der Waals surface area contributed by atoms with Crippen molar-refractivity contribution in [2.24, 2.45) is 0 Å². The first kappa shape index (κ1) is 29.0. The zero-order valence-electron chi connectivity index (χ0n) is 18.9. The summed E-state index contributed by atoms with van der Waals surface area (Å²) in [6.45, 7) is 0.0705. The van der Waals surface area contributed by atoms with Gasteiger partial charge in [0, 0.05) is 51.9 Å². The molecule has 0 saturated carbocycles. The topological polar surface area (TPSA) is 170 Å². The van der Waals surface area contributed by atoms with E-state index in [0.29, 0.717) is 0 Å². The molecule has 0 atom stereocenters. The van der Waals surface area contributed by atoms with Crippen molar-refractivity contribution < 1.29 is 16.8 Å². The SMILES string of the molecule is N#CCCCN(CCCC#N)S(=O)(=O)c1ccccc1S(=O)(=O)N(CCCC#N)CCCC#N. The van der Waals surface area contributed by atoms with Crippen molar-refractivity contribution in [2.75, 3.05) is 26.2 Å². The van der Waals surface area contributed by atoms with E-state index >= 15 is 0 Å². The standard InChI is InChI=1S/C22H28N6O4S2/c23-13-3-7-17-27(18-8-4-14-24)33(29,30)21-11-1-2-12-22(21)34(31,32)28(19-9-5-15-25)20-10-6-16-26/h1-2,11-12H,3-10,17-20H2. The van der Waals surface area contributed by atoms with E-state index in [1.54, 1.807) is 0 Å². The molecule has 10 nitrogen and oxygen atoms in total. The molecule has 1 aromatic carbocycles. The minimum Gasteiger partial charge on any atom is -0.207 e. The first-order valence-corrected chi connectivity index (χ1v) is 13.7. The van der Waals surface area contributed by atoms with Gasteiger partial charge in [-0.25, -0.2) is 16.8 Å². The summed E-state index contributed by atoms with van der Waals surface area (Å²) in [4.78, 5) is -0.760. The molecule has 0 N–H and O–H groups in total. The predicted octanol–water partition coefficient (Wildman–Crippen LogP) is 2.88. The third-order valence-electron chi connectivity index (χ3n) is 4.87. The van der Waals surface area contributed by atoms with E-state index < -0.39 is 20.0 Å². The minimum absolute atomic E-state index is 0.0176. The smallest absolute Gasteiger partial charge is 0.207 e. The molecule has 0 aliphatic carbocycles. The van der Waals surface area contributed by atoms with Gasteiger partial charge in [0.05, 0.1) is 24.3 Å². The average Bonchev–Trinajstić information content (AvgIpc) is 2.82. The molecule has 1 rings (SSSR count). The Bertz CT molecular complexity index is 1040. The highest BCUT2D eigenvalue weighted by Gasteiger charge is 2.33. The molecular weight excluding hydrogens is 476 g/mol. The summed E-state index contributed by atoms with van der Waals surface area (Å²) >= 11 is 0. The summed E-state index contributed by atoms with van der Waals surface area (Å²) in [7, 11) is -8.51. The van der Waals surface area contributed by atoms with Crippen LogP contribution in [-0.4, -0.2) is 51.6 Å². The van der Waals surface area contributed by atoms with Crippen LogP contribution in [0.3, 0.4) is 0 Å². The van der Waals surface area contributed by atoms with E-state index in [-0.39, 0.29) is 87.3 Å². The van der Waals surface area contributed by atoms with E-state index in [1.165, 1.54) is 24.3 Å². The number of hydrogen-bond donors (Lipinski definition) is 0. The first-order valence-electron chi connectivity index (χ1n) is 10.8. The van der Waals surface area contributed by atoms with Gasteiger partial charge >= 0.3 is 0 Å². The molecular formula is C22H28N6O4S2. The number of nitriles is 4. The van der Waals surface area contributed by atoms with Crippen LogP contribution < -0.4 is 0 Å². The van der Waals surface area contributed by atoms with Crippen molar-refractivity contribution in [1.29, 1.82) is 21.0 Å². The summed E-state index contributed by atoms with van der Waals surface area (Å²) in [5.74, 6) is 0. The molecule has 12 heteroatoms. The molecule has 0 aliphatic rings. The van der Waals surface area contributed by atoms with Gasteiger partial charge in [-0.2, -0.15) is 29.7 Å². The van der Waals surface area contributed by atoms with E-state index in [9.17, 15) is 16.8 Å². The Morgan fingerprint density at radius 2 is 0.824 bits per heavy atom. The largest absolute Gasteiger partial charge is 0.244 e. The molecule has 1 aromatic rings. The summed E-state index contributed by atoms with van der Waals surface area (Å²) in [5.41, 5.74) is 0. The molecule has 0 fully saturated rings. The van der Waals surface area contributed by atoms with Crippen LogP contribution >= 0.6 is 0 Å². The summed E-state index contributed by atoms with van der Waals surface area (Å²) in [6.07, 6.45) is 1.62. The maximum atomic E-state index is 13.5. The highest BCUT2D eigenvalue weighted by Crippen LogP contribution is 2.28. The quantitative estimate of drug-likeness (QED) is 0.309. The Kier molecular flexibility index (Phi) is 12.8. The van der Waals surface area contributed by atoms with Crippen molar-refractivity contribution in [1.82, 2.24) is 8.61 Å². The van der Waals surface area contributed by atoms with Crippen LogP contribution in [0.5, 0.6) is 0 Å². The Hall–Kier alpha value is -3.00.